The lowest BCUT2D eigenvalue weighted by molar-refractivity contribution is 0.0991. The standard InChI is InChI=1S/C17H19FN2O2/c1-22-17-7-4-13(10-15(17)19)16(21)11-20-9-8-12-2-5-14(18)6-3-12/h2-7,10,20H,8-9,11,19H2,1H3. The largest absolute Gasteiger partial charge is 0.495 e. The molecule has 0 heterocycles. The Morgan fingerprint density at radius 1 is 1.23 bits per heavy atom. The fourth-order valence-corrected chi connectivity index (χ4v) is 2.10. The molecule has 2 rings (SSSR count). The summed E-state index contributed by atoms with van der Waals surface area (Å²) in [5.41, 5.74) is 7.80. The quantitative estimate of drug-likeness (QED) is 0.468. The summed E-state index contributed by atoms with van der Waals surface area (Å²) in [7, 11) is 1.53. The number of carbonyl (C=O) groups is 1. The predicted octanol–water partition coefficient (Wildman–Crippen LogP) is 2.43. The fourth-order valence-electron chi connectivity index (χ4n) is 2.10. The third-order valence-electron chi connectivity index (χ3n) is 3.34. The van der Waals surface area contributed by atoms with Crippen LogP contribution in [-0.4, -0.2) is 26.0 Å². The first-order valence-electron chi connectivity index (χ1n) is 7.02. The van der Waals surface area contributed by atoms with Gasteiger partial charge in [-0.15, -0.1) is 0 Å². The Bertz CT molecular complexity index is 642. The van der Waals surface area contributed by atoms with E-state index in [9.17, 15) is 9.18 Å². The van der Waals surface area contributed by atoms with Gasteiger partial charge in [-0.1, -0.05) is 12.1 Å². The van der Waals surface area contributed by atoms with Gasteiger partial charge in [0.05, 0.1) is 19.3 Å². The Kier molecular flexibility index (Phi) is 5.49. The van der Waals surface area contributed by atoms with Crippen LogP contribution in [0, 0.1) is 5.82 Å². The summed E-state index contributed by atoms with van der Waals surface area (Å²) >= 11 is 0. The lowest BCUT2D eigenvalue weighted by atomic mass is 10.1. The number of nitrogens with one attached hydrogen (secondary N) is 1. The molecule has 0 saturated carbocycles. The third-order valence-corrected chi connectivity index (χ3v) is 3.34. The van der Waals surface area contributed by atoms with Crippen LogP contribution >= 0.6 is 0 Å². The molecule has 4 nitrogen and oxygen atoms in total. The average molecular weight is 302 g/mol. The van der Waals surface area contributed by atoms with Crippen molar-refractivity contribution < 1.29 is 13.9 Å². The maximum atomic E-state index is 12.8. The first-order chi connectivity index (χ1) is 10.6. The molecule has 0 aliphatic heterocycles. The minimum absolute atomic E-state index is 0.0338. The minimum atomic E-state index is -0.246. The molecule has 0 aliphatic carbocycles. The molecule has 3 N–H and O–H groups in total. The van der Waals surface area contributed by atoms with E-state index in [4.69, 9.17) is 10.5 Å². The molecule has 2 aromatic carbocycles. The average Bonchev–Trinajstić information content (AvgIpc) is 2.53. The van der Waals surface area contributed by atoms with Crippen molar-refractivity contribution in [3.8, 4) is 5.75 Å². The number of nitrogen functional groups attached to an aromatic ring is 1. The van der Waals surface area contributed by atoms with Gasteiger partial charge < -0.3 is 15.8 Å². The van der Waals surface area contributed by atoms with Gasteiger partial charge in [0.1, 0.15) is 11.6 Å². The summed E-state index contributed by atoms with van der Waals surface area (Å²) in [4.78, 5) is 12.0. The highest BCUT2D eigenvalue weighted by Crippen LogP contribution is 2.21. The fraction of sp³-hybridized carbons (Fsp3) is 0.235. The summed E-state index contributed by atoms with van der Waals surface area (Å²) in [6, 6.07) is 11.3. The summed E-state index contributed by atoms with van der Waals surface area (Å²) in [6.07, 6.45) is 0.734. The van der Waals surface area contributed by atoms with E-state index in [1.54, 1.807) is 30.3 Å². The van der Waals surface area contributed by atoms with Gasteiger partial charge in [0, 0.05) is 5.56 Å². The van der Waals surface area contributed by atoms with Crippen molar-refractivity contribution in [3.05, 3.63) is 59.4 Å². The second-order valence-corrected chi connectivity index (χ2v) is 4.93. The van der Waals surface area contributed by atoms with Gasteiger partial charge >= 0.3 is 0 Å². The van der Waals surface area contributed by atoms with Crippen molar-refractivity contribution in [2.45, 2.75) is 6.42 Å². The van der Waals surface area contributed by atoms with Gasteiger partial charge in [0.2, 0.25) is 0 Å². The Balaban J connectivity index is 1.80. The monoisotopic (exact) mass is 302 g/mol. The zero-order valence-corrected chi connectivity index (χ0v) is 12.4. The number of ether oxygens (including phenoxy) is 1. The number of nitrogens with two attached hydrogens (primary N) is 1. The van der Waals surface area contributed by atoms with Gasteiger partial charge in [-0.2, -0.15) is 0 Å². The topological polar surface area (TPSA) is 64.3 Å². The van der Waals surface area contributed by atoms with Crippen molar-refractivity contribution in [2.75, 3.05) is 25.9 Å². The van der Waals surface area contributed by atoms with Crippen LogP contribution < -0.4 is 15.8 Å². The van der Waals surface area contributed by atoms with E-state index in [0.717, 1.165) is 12.0 Å². The van der Waals surface area contributed by atoms with Crippen LogP contribution in [0.25, 0.3) is 0 Å². The van der Waals surface area contributed by atoms with Gasteiger partial charge in [0.25, 0.3) is 0 Å². The second-order valence-electron chi connectivity index (χ2n) is 4.93. The number of halogens is 1. The molecule has 2 aromatic rings. The normalized spacial score (nSPS) is 10.5. The lowest BCUT2D eigenvalue weighted by Crippen LogP contribution is -2.25. The number of benzene rings is 2. The van der Waals surface area contributed by atoms with Crippen molar-refractivity contribution in [1.82, 2.24) is 5.32 Å². The van der Waals surface area contributed by atoms with Gasteiger partial charge in [-0.3, -0.25) is 4.79 Å². The smallest absolute Gasteiger partial charge is 0.176 e. The van der Waals surface area contributed by atoms with Crippen LogP contribution in [0.2, 0.25) is 0 Å². The molecule has 0 saturated heterocycles. The van der Waals surface area contributed by atoms with Crippen LogP contribution in [0.3, 0.4) is 0 Å². The summed E-state index contributed by atoms with van der Waals surface area (Å²) < 4.78 is 17.8. The van der Waals surface area contributed by atoms with E-state index in [1.807, 2.05) is 0 Å². The number of hydrogen-bond acceptors (Lipinski definition) is 4. The predicted molar refractivity (Wildman–Crippen MR) is 84.7 cm³/mol. The molecular weight excluding hydrogens is 283 g/mol. The van der Waals surface area contributed by atoms with Crippen molar-refractivity contribution >= 4 is 11.5 Å². The molecule has 0 bridgehead atoms. The van der Waals surface area contributed by atoms with E-state index in [1.165, 1.54) is 19.2 Å². The van der Waals surface area contributed by atoms with Crippen molar-refractivity contribution in [2.24, 2.45) is 0 Å². The first kappa shape index (κ1) is 16.0. The zero-order valence-electron chi connectivity index (χ0n) is 12.4. The molecule has 0 radical (unpaired) electrons. The second kappa shape index (κ2) is 7.56. The van der Waals surface area contributed by atoms with Gasteiger partial charge in [-0.25, -0.2) is 4.39 Å². The number of hydrogen-bond donors (Lipinski definition) is 2. The van der Waals surface area contributed by atoms with Gasteiger partial charge in [-0.05, 0) is 48.9 Å². The number of rotatable bonds is 7. The van der Waals surface area contributed by atoms with Crippen LogP contribution in [0.4, 0.5) is 10.1 Å². The summed E-state index contributed by atoms with van der Waals surface area (Å²) in [5.74, 6) is 0.276. The van der Waals surface area contributed by atoms with E-state index in [2.05, 4.69) is 5.32 Å². The molecule has 5 heteroatoms. The first-order valence-corrected chi connectivity index (χ1v) is 7.02. The number of anilines is 1. The Morgan fingerprint density at radius 3 is 2.59 bits per heavy atom. The summed E-state index contributed by atoms with van der Waals surface area (Å²) in [5, 5.41) is 3.08. The van der Waals surface area contributed by atoms with Crippen LogP contribution in [0.15, 0.2) is 42.5 Å². The van der Waals surface area contributed by atoms with Gasteiger partial charge in [0.15, 0.2) is 5.78 Å². The van der Waals surface area contributed by atoms with E-state index in [-0.39, 0.29) is 18.1 Å². The maximum Gasteiger partial charge on any atom is 0.176 e. The number of carbonyl (C=O) groups excluding carboxylic acids is 1. The number of methoxy groups -OCH3 is 1. The molecule has 0 unspecified atom stereocenters. The van der Waals surface area contributed by atoms with Crippen LogP contribution in [-0.2, 0) is 6.42 Å². The van der Waals surface area contributed by atoms with E-state index >= 15 is 0 Å². The molecule has 116 valence electrons. The molecule has 0 atom stereocenters. The molecule has 22 heavy (non-hydrogen) atoms. The van der Waals surface area contributed by atoms with E-state index < -0.39 is 0 Å². The summed E-state index contributed by atoms with van der Waals surface area (Å²) in [6.45, 7) is 0.871. The SMILES string of the molecule is COc1ccc(C(=O)CNCCc2ccc(F)cc2)cc1N. The molecule has 0 spiro atoms. The number of Topliss-reactive ketones (excluding diaryl/α,β-unsaturated/α-hetero) is 1. The lowest BCUT2D eigenvalue weighted by Gasteiger charge is -2.08. The van der Waals surface area contributed by atoms with Crippen molar-refractivity contribution in [1.29, 1.82) is 0 Å². The molecular formula is C17H19FN2O2. The minimum Gasteiger partial charge on any atom is -0.495 e. The highest BCUT2D eigenvalue weighted by atomic mass is 19.1. The molecule has 0 amide bonds. The van der Waals surface area contributed by atoms with E-state index in [0.29, 0.717) is 23.5 Å². The molecule has 0 fully saturated rings. The zero-order chi connectivity index (χ0) is 15.9. The Hall–Kier alpha value is -2.40. The Morgan fingerprint density at radius 2 is 1.95 bits per heavy atom. The Labute approximate surface area is 129 Å². The van der Waals surface area contributed by atoms with Crippen LogP contribution in [0.1, 0.15) is 15.9 Å². The van der Waals surface area contributed by atoms with Crippen LogP contribution in [0.5, 0.6) is 5.75 Å². The maximum absolute atomic E-state index is 12.8. The molecule has 0 aliphatic rings. The highest BCUT2D eigenvalue weighted by Gasteiger charge is 2.08. The molecule has 0 aromatic heterocycles. The number of ketones is 1. The highest BCUT2D eigenvalue weighted by molar-refractivity contribution is 5.98. The van der Waals surface area contributed by atoms with Crippen molar-refractivity contribution in [3.63, 3.8) is 0 Å². The third kappa shape index (κ3) is 4.30.